The molecule has 0 spiro atoms. The first-order valence-electron chi connectivity index (χ1n) is 14.3. The largest absolute Gasteiger partial charge is 2.00 e. The molecule has 4 aromatic rings. The van der Waals surface area contributed by atoms with E-state index in [-0.39, 0.29) is 68.6 Å². The second kappa shape index (κ2) is 21.9. The first kappa shape index (κ1) is 43.9. The van der Waals surface area contributed by atoms with Gasteiger partial charge in [0.25, 0.3) is 0 Å². The van der Waals surface area contributed by atoms with Crippen molar-refractivity contribution in [1.29, 1.82) is 0 Å². The van der Waals surface area contributed by atoms with Gasteiger partial charge in [0.1, 0.15) is 0 Å². The molecule has 4 aromatic carbocycles. The molecule has 1 heterocycles. The van der Waals surface area contributed by atoms with Gasteiger partial charge in [0.15, 0.2) is 0 Å². The van der Waals surface area contributed by atoms with Gasteiger partial charge < -0.3 is 30.7 Å². The van der Waals surface area contributed by atoms with Gasteiger partial charge in [-0.2, -0.15) is 0 Å². The van der Waals surface area contributed by atoms with E-state index in [1.807, 2.05) is 0 Å². The topological polar surface area (TPSA) is 172 Å². The predicted octanol–water partition coefficient (Wildman–Crippen LogP) is 2.94. The molecule has 0 unspecified atom stereocenters. The number of benzene rings is 4. The normalized spacial score (nSPS) is 14.4. The summed E-state index contributed by atoms with van der Waals surface area (Å²) < 4.78 is 0. The van der Waals surface area contributed by atoms with E-state index in [1.54, 1.807) is 54.6 Å². The van der Waals surface area contributed by atoms with Crippen LogP contribution in [0.4, 0.5) is 0 Å². The molecular formula is C34H31Cl3Cu2N4O6. The van der Waals surface area contributed by atoms with Gasteiger partial charge in [-0.05, 0) is 58.7 Å². The maximum atomic E-state index is 12.8. The number of carbonyl (C=O) groups is 1. The SMILES string of the molecule is O.O=C([O-])c1ccccc1.[Cu+2].[Cu+2].[O-]c1ccc(Cl)cc1C=NCCN1CCN(CCN=Cc2cc(Cl)ccc2[O-])C1c1cc(Cl)ccc1[O-]. The molecule has 10 nitrogen and oxygen atoms in total. The zero-order chi connectivity index (χ0) is 33.1. The minimum absolute atomic E-state index is 0. The summed E-state index contributed by atoms with van der Waals surface area (Å²) in [6.07, 6.45) is 2.77. The van der Waals surface area contributed by atoms with Crippen LogP contribution in [0.5, 0.6) is 17.2 Å². The molecule has 15 heteroatoms. The molecule has 266 valence electrons. The van der Waals surface area contributed by atoms with E-state index < -0.39 is 5.97 Å². The number of hydrogen-bond acceptors (Lipinski definition) is 9. The monoisotopic (exact) mass is 822 g/mol. The quantitative estimate of drug-likeness (QED) is 0.175. The van der Waals surface area contributed by atoms with E-state index in [0.29, 0.717) is 57.9 Å². The minimum atomic E-state index is -1.13. The van der Waals surface area contributed by atoms with Gasteiger partial charge in [0.2, 0.25) is 0 Å². The second-order valence-corrected chi connectivity index (χ2v) is 11.5. The summed E-state index contributed by atoms with van der Waals surface area (Å²) in [5.74, 6) is -1.51. The van der Waals surface area contributed by atoms with Crippen molar-refractivity contribution >= 4 is 53.2 Å². The van der Waals surface area contributed by atoms with E-state index in [0.717, 1.165) is 13.1 Å². The molecule has 0 atom stereocenters. The number of hydrogen-bond donors (Lipinski definition) is 0. The predicted molar refractivity (Wildman–Crippen MR) is 178 cm³/mol. The molecule has 0 saturated carbocycles. The number of carboxylic acids is 1. The molecule has 1 aliphatic heterocycles. The zero-order valence-corrected chi connectivity index (χ0v) is 29.8. The Morgan fingerprint density at radius 1 is 0.694 bits per heavy atom. The van der Waals surface area contributed by atoms with Crippen LogP contribution in [-0.2, 0) is 34.1 Å². The van der Waals surface area contributed by atoms with Gasteiger partial charge in [-0.15, -0.1) is 5.75 Å². The summed E-state index contributed by atoms with van der Waals surface area (Å²) in [4.78, 5) is 23.2. The molecule has 0 bridgehead atoms. The third-order valence-electron chi connectivity index (χ3n) is 7.06. The number of carboxylic acid groups (broad SMARTS) is 1. The molecule has 5 rings (SSSR count). The van der Waals surface area contributed by atoms with Crippen LogP contribution in [0.15, 0.2) is 94.9 Å². The summed E-state index contributed by atoms with van der Waals surface area (Å²) in [5.41, 5.74) is 1.68. The molecule has 2 N–H and O–H groups in total. The Morgan fingerprint density at radius 3 is 1.55 bits per heavy atom. The summed E-state index contributed by atoms with van der Waals surface area (Å²) in [5, 5.41) is 48.2. The maximum absolute atomic E-state index is 12.8. The number of aliphatic imine (C=N–C) groups is 2. The standard InChI is InChI=1S/C27H27Cl3N4O3.C7H6O2.2Cu.H2O/c28-20-1-4-24(35)18(13-20)16-31-7-9-33-11-12-34(27(33)23-15-22(30)3-6-26(23)37)10-8-32-17-19-14-21(29)2-5-25(19)36;8-7(9)6-4-2-1-3-5-6;;;/h1-6,13-17,27,35-37H,7-12H2;1-5H,(H,8,9);;;1H2/q;;2*+2;/p-4. The second-order valence-electron chi connectivity index (χ2n) is 10.2. The van der Waals surface area contributed by atoms with Crippen LogP contribution in [0.2, 0.25) is 15.1 Å². The summed E-state index contributed by atoms with van der Waals surface area (Å²) >= 11 is 18.2. The van der Waals surface area contributed by atoms with Crippen LogP contribution >= 0.6 is 34.8 Å². The Kier molecular flexibility index (Phi) is 19.6. The molecule has 0 amide bonds. The molecule has 0 aliphatic carbocycles. The van der Waals surface area contributed by atoms with Gasteiger partial charge in [-0.1, -0.05) is 94.8 Å². The van der Waals surface area contributed by atoms with Crippen molar-refractivity contribution in [3.63, 3.8) is 0 Å². The Bertz CT molecular complexity index is 1630. The Labute approximate surface area is 320 Å². The van der Waals surface area contributed by atoms with E-state index in [1.165, 1.54) is 42.8 Å². The molecular weight excluding hydrogens is 794 g/mol. The fourth-order valence-corrected chi connectivity index (χ4v) is 5.37. The van der Waals surface area contributed by atoms with Crippen LogP contribution in [0.25, 0.3) is 0 Å². The number of halogens is 3. The van der Waals surface area contributed by atoms with Gasteiger partial charge in [-0.3, -0.25) is 19.8 Å². The fourth-order valence-electron chi connectivity index (χ4n) is 4.83. The van der Waals surface area contributed by atoms with Gasteiger partial charge in [0, 0.05) is 53.7 Å². The molecule has 1 saturated heterocycles. The molecule has 1 aliphatic rings. The first-order chi connectivity index (χ1) is 22.1. The van der Waals surface area contributed by atoms with Crippen LogP contribution < -0.4 is 20.4 Å². The number of carbonyl (C=O) groups excluding carboxylic acids is 1. The van der Waals surface area contributed by atoms with Gasteiger partial charge in [-0.25, -0.2) is 0 Å². The molecule has 2 radical (unpaired) electrons. The van der Waals surface area contributed by atoms with E-state index in [2.05, 4.69) is 19.8 Å². The van der Waals surface area contributed by atoms with Crippen molar-refractivity contribution in [2.75, 3.05) is 39.3 Å². The van der Waals surface area contributed by atoms with E-state index in [4.69, 9.17) is 34.8 Å². The molecule has 0 aromatic heterocycles. The Balaban J connectivity index is 0.000000872. The van der Waals surface area contributed by atoms with E-state index in [9.17, 15) is 25.2 Å². The third-order valence-corrected chi connectivity index (χ3v) is 7.77. The summed E-state index contributed by atoms with van der Waals surface area (Å²) in [7, 11) is 0. The van der Waals surface area contributed by atoms with Gasteiger partial charge in [0.05, 0.1) is 25.2 Å². The van der Waals surface area contributed by atoms with Crippen molar-refractivity contribution in [3.8, 4) is 17.2 Å². The fraction of sp³-hybridized carbons (Fsp3) is 0.206. The van der Waals surface area contributed by atoms with Crippen molar-refractivity contribution in [2.45, 2.75) is 6.17 Å². The summed E-state index contributed by atoms with van der Waals surface area (Å²) in [6.45, 7) is 3.46. The average Bonchev–Trinajstić information content (AvgIpc) is 3.44. The van der Waals surface area contributed by atoms with Crippen LogP contribution in [0, 0.1) is 0 Å². The molecule has 1 fully saturated rings. The van der Waals surface area contributed by atoms with Gasteiger partial charge >= 0.3 is 34.1 Å². The number of nitrogens with zero attached hydrogens (tertiary/aromatic N) is 4. The van der Waals surface area contributed by atoms with Crippen molar-refractivity contribution in [3.05, 3.63) is 122 Å². The van der Waals surface area contributed by atoms with Crippen LogP contribution in [0.3, 0.4) is 0 Å². The van der Waals surface area contributed by atoms with Crippen LogP contribution in [-0.4, -0.2) is 72.9 Å². The maximum Gasteiger partial charge on any atom is 2.00 e. The minimum Gasteiger partial charge on any atom is -0.872 e. The smallest absolute Gasteiger partial charge is 0.872 e. The van der Waals surface area contributed by atoms with Crippen molar-refractivity contribution < 1.29 is 64.8 Å². The average molecular weight is 825 g/mol. The molecule has 49 heavy (non-hydrogen) atoms. The Hall–Kier alpha value is -3.12. The van der Waals surface area contributed by atoms with Crippen molar-refractivity contribution in [1.82, 2.24) is 9.80 Å². The number of aromatic carboxylic acids is 1. The van der Waals surface area contributed by atoms with E-state index >= 15 is 0 Å². The third kappa shape index (κ3) is 13.3. The Morgan fingerprint density at radius 2 is 1.12 bits per heavy atom. The summed E-state index contributed by atoms with van der Waals surface area (Å²) in [6, 6.07) is 21.9. The van der Waals surface area contributed by atoms with Crippen LogP contribution in [0.1, 0.15) is 33.2 Å². The first-order valence-corrected chi connectivity index (χ1v) is 15.4. The number of rotatable bonds is 10. The van der Waals surface area contributed by atoms with Crippen molar-refractivity contribution in [2.24, 2.45) is 9.98 Å². The zero-order valence-electron chi connectivity index (χ0n) is 25.6.